The van der Waals surface area contributed by atoms with E-state index in [0.29, 0.717) is 33.1 Å². The van der Waals surface area contributed by atoms with Gasteiger partial charge in [0.2, 0.25) is 18.0 Å². The monoisotopic (exact) mass is 507 g/mol. The molecule has 2 amide bonds. The van der Waals surface area contributed by atoms with Gasteiger partial charge in [-0.15, -0.1) is 5.10 Å². The molecule has 0 aliphatic carbocycles. The lowest BCUT2D eigenvalue weighted by molar-refractivity contribution is -0.135. The molecule has 1 N–H and O–H groups in total. The first-order valence-corrected chi connectivity index (χ1v) is 11.2. The first-order chi connectivity index (χ1) is 17.3. The smallest absolute Gasteiger partial charge is 0.308 e. The summed E-state index contributed by atoms with van der Waals surface area (Å²) in [6.07, 6.45) is -0.982. The fraction of sp³-hybridized carbons (Fsp3) is 0.154. The largest absolute Gasteiger partial charge is 0.493 e. The molecular weight excluding hydrogens is 486 g/mol. The number of carbonyl (C=O) groups excluding carboxylic acids is 3. The predicted octanol–water partition coefficient (Wildman–Crippen LogP) is 4.77. The minimum atomic E-state index is -0.982. The summed E-state index contributed by atoms with van der Waals surface area (Å²) in [6, 6.07) is 18.4. The number of halogens is 1. The van der Waals surface area contributed by atoms with Crippen molar-refractivity contribution >= 4 is 41.0 Å². The maximum absolute atomic E-state index is 12.5. The van der Waals surface area contributed by atoms with E-state index in [1.54, 1.807) is 66.7 Å². The zero-order chi connectivity index (χ0) is 25.8. The van der Waals surface area contributed by atoms with Gasteiger partial charge in [0.25, 0.3) is 5.91 Å². The Kier molecular flexibility index (Phi) is 7.21. The fourth-order valence-electron chi connectivity index (χ4n) is 3.56. The van der Waals surface area contributed by atoms with Gasteiger partial charge in [0, 0.05) is 35.7 Å². The summed E-state index contributed by atoms with van der Waals surface area (Å²) in [6.45, 7) is 2.62. The van der Waals surface area contributed by atoms with Crippen LogP contribution in [0.3, 0.4) is 0 Å². The van der Waals surface area contributed by atoms with E-state index in [1.807, 2.05) is 0 Å². The summed E-state index contributed by atoms with van der Waals surface area (Å²) in [5.74, 6) is -0.609. The van der Waals surface area contributed by atoms with Crippen molar-refractivity contribution in [2.45, 2.75) is 20.1 Å². The highest BCUT2D eigenvalue weighted by molar-refractivity contribution is 6.31. The normalized spacial score (nSPS) is 14.5. The second-order valence-corrected chi connectivity index (χ2v) is 8.19. The molecule has 9 nitrogen and oxygen atoms in total. The Labute approximate surface area is 212 Å². The summed E-state index contributed by atoms with van der Waals surface area (Å²) < 4.78 is 16.7. The van der Waals surface area contributed by atoms with Crippen LogP contribution in [-0.4, -0.2) is 35.8 Å². The summed E-state index contributed by atoms with van der Waals surface area (Å²) in [5.41, 5.74) is 1.94. The molecular formula is C26H22ClN3O6. The molecule has 1 atom stereocenters. The van der Waals surface area contributed by atoms with Crippen LogP contribution in [0.2, 0.25) is 5.02 Å². The minimum absolute atomic E-state index is 0.138. The number of hydrogen-bond acceptors (Lipinski definition) is 7. The lowest BCUT2D eigenvalue weighted by Gasteiger charge is -2.22. The van der Waals surface area contributed by atoms with Gasteiger partial charge in [-0.2, -0.15) is 5.01 Å². The summed E-state index contributed by atoms with van der Waals surface area (Å²) in [5, 5.41) is 8.76. The van der Waals surface area contributed by atoms with Crippen molar-refractivity contribution in [3.05, 3.63) is 88.4 Å². The SMILES string of the molecule is COc1cccc([C@H]2OC(c3ccc(NC(=O)c4cccc(Cl)c4)cc3)=NN2C(C)=O)c1OC(C)=O. The van der Waals surface area contributed by atoms with E-state index in [9.17, 15) is 14.4 Å². The number of hydrazone groups is 1. The number of esters is 1. The van der Waals surface area contributed by atoms with Crippen LogP contribution in [0.1, 0.15) is 41.6 Å². The van der Waals surface area contributed by atoms with Crippen LogP contribution in [0.4, 0.5) is 5.69 Å². The maximum atomic E-state index is 12.5. The van der Waals surface area contributed by atoms with Crippen molar-refractivity contribution < 1.29 is 28.6 Å². The van der Waals surface area contributed by atoms with E-state index < -0.39 is 12.2 Å². The summed E-state index contributed by atoms with van der Waals surface area (Å²) in [7, 11) is 1.44. The fourth-order valence-corrected chi connectivity index (χ4v) is 3.75. The van der Waals surface area contributed by atoms with Crippen molar-refractivity contribution in [1.82, 2.24) is 5.01 Å². The van der Waals surface area contributed by atoms with Crippen molar-refractivity contribution in [3.63, 3.8) is 0 Å². The third kappa shape index (κ3) is 5.31. The Morgan fingerprint density at radius 3 is 2.39 bits per heavy atom. The molecule has 1 aliphatic heterocycles. The number of methoxy groups -OCH3 is 1. The van der Waals surface area contributed by atoms with Crippen molar-refractivity contribution in [3.8, 4) is 11.5 Å². The van der Waals surface area contributed by atoms with E-state index in [4.69, 9.17) is 25.8 Å². The van der Waals surface area contributed by atoms with Crippen LogP contribution < -0.4 is 14.8 Å². The average molecular weight is 508 g/mol. The van der Waals surface area contributed by atoms with E-state index in [1.165, 1.54) is 21.0 Å². The first-order valence-electron chi connectivity index (χ1n) is 10.8. The number of nitrogens with zero attached hydrogens (tertiary/aromatic N) is 2. The molecule has 0 spiro atoms. The van der Waals surface area contributed by atoms with Crippen LogP contribution in [0.25, 0.3) is 0 Å². The van der Waals surface area contributed by atoms with E-state index in [-0.39, 0.29) is 23.5 Å². The molecule has 3 aromatic rings. The van der Waals surface area contributed by atoms with E-state index in [0.717, 1.165) is 5.01 Å². The predicted molar refractivity (Wildman–Crippen MR) is 133 cm³/mol. The third-order valence-electron chi connectivity index (χ3n) is 5.18. The standard InChI is InChI=1S/C26H22ClN3O6/c1-15(31)30-26(21-8-5-9-22(34-3)23(21)35-16(2)32)36-25(29-30)17-10-12-20(13-11-17)28-24(33)18-6-4-7-19(27)14-18/h4-14,26H,1-3H3,(H,28,33)/t26-/m1/s1. The summed E-state index contributed by atoms with van der Waals surface area (Å²) >= 11 is 5.96. The Bertz CT molecular complexity index is 1360. The van der Waals surface area contributed by atoms with Gasteiger partial charge in [0.05, 0.1) is 12.7 Å². The first kappa shape index (κ1) is 24.7. The Morgan fingerprint density at radius 2 is 1.75 bits per heavy atom. The van der Waals surface area contributed by atoms with Crippen LogP contribution in [0, 0.1) is 0 Å². The number of hydrogen-bond donors (Lipinski definition) is 1. The average Bonchev–Trinajstić information content (AvgIpc) is 3.30. The van der Waals surface area contributed by atoms with Gasteiger partial charge in [0.15, 0.2) is 11.5 Å². The number of anilines is 1. The molecule has 0 unspecified atom stereocenters. The second kappa shape index (κ2) is 10.5. The number of carbonyl (C=O) groups is 3. The van der Waals surface area contributed by atoms with Crippen LogP contribution >= 0.6 is 11.6 Å². The number of nitrogens with one attached hydrogen (secondary N) is 1. The summed E-state index contributed by atoms with van der Waals surface area (Å²) in [4.78, 5) is 36.5. The lowest BCUT2D eigenvalue weighted by Crippen LogP contribution is -2.26. The molecule has 1 heterocycles. The molecule has 1 aliphatic rings. The zero-order valence-electron chi connectivity index (χ0n) is 19.7. The number of ether oxygens (including phenoxy) is 3. The van der Waals surface area contributed by atoms with Gasteiger partial charge >= 0.3 is 5.97 Å². The number of para-hydroxylation sites is 1. The maximum Gasteiger partial charge on any atom is 0.308 e. The molecule has 0 bridgehead atoms. The number of amides is 2. The van der Waals surface area contributed by atoms with Crippen LogP contribution in [0.5, 0.6) is 11.5 Å². The molecule has 4 rings (SSSR count). The van der Waals surface area contributed by atoms with Crippen LogP contribution in [-0.2, 0) is 14.3 Å². The molecule has 3 aromatic carbocycles. The Morgan fingerprint density at radius 1 is 1.03 bits per heavy atom. The van der Waals surface area contributed by atoms with Gasteiger partial charge in [0.1, 0.15) is 0 Å². The highest BCUT2D eigenvalue weighted by atomic mass is 35.5. The molecule has 0 saturated carbocycles. The van der Waals surface area contributed by atoms with Gasteiger partial charge < -0.3 is 19.5 Å². The van der Waals surface area contributed by atoms with Gasteiger partial charge in [-0.25, -0.2) is 0 Å². The van der Waals surface area contributed by atoms with Crippen molar-refractivity contribution in [2.24, 2.45) is 5.10 Å². The van der Waals surface area contributed by atoms with Gasteiger partial charge in [-0.05, 0) is 54.6 Å². The molecule has 0 saturated heterocycles. The van der Waals surface area contributed by atoms with Gasteiger partial charge in [-0.1, -0.05) is 23.7 Å². The third-order valence-corrected chi connectivity index (χ3v) is 5.42. The van der Waals surface area contributed by atoms with Crippen LogP contribution in [0.15, 0.2) is 71.8 Å². The minimum Gasteiger partial charge on any atom is -0.493 e. The van der Waals surface area contributed by atoms with E-state index >= 15 is 0 Å². The highest BCUT2D eigenvalue weighted by Crippen LogP contribution is 2.40. The topological polar surface area (TPSA) is 107 Å². The quantitative estimate of drug-likeness (QED) is 0.380. The molecule has 0 aromatic heterocycles. The zero-order valence-corrected chi connectivity index (χ0v) is 20.4. The van der Waals surface area contributed by atoms with E-state index in [2.05, 4.69) is 10.4 Å². The number of benzene rings is 3. The molecule has 36 heavy (non-hydrogen) atoms. The lowest BCUT2D eigenvalue weighted by atomic mass is 10.1. The Hall–Kier alpha value is -4.37. The Balaban J connectivity index is 1.57. The number of rotatable bonds is 6. The molecule has 10 heteroatoms. The van der Waals surface area contributed by atoms with Crippen molar-refractivity contribution in [1.29, 1.82) is 0 Å². The molecule has 184 valence electrons. The van der Waals surface area contributed by atoms with Gasteiger partial charge in [-0.3, -0.25) is 14.4 Å². The highest BCUT2D eigenvalue weighted by Gasteiger charge is 2.36. The van der Waals surface area contributed by atoms with Crippen molar-refractivity contribution in [2.75, 3.05) is 12.4 Å². The molecule has 0 fully saturated rings. The molecule has 0 radical (unpaired) electrons. The second-order valence-electron chi connectivity index (χ2n) is 7.75.